The number of hydrogen-bond acceptors (Lipinski definition) is 6. The number of aromatic nitrogens is 3. The molecule has 33 heavy (non-hydrogen) atoms. The molecule has 4 rings (SSSR count). The minimum absolute atomic E-state index is 0.0155. The molecule has 1 atom stereocenters. The lowest BCUT2D eigenvalue weighted by Gasteiger charge is -2.42. The van der Waals surface area contributed by atoms with Gasteiger partial charge in [-0.15, -0.1) is 5.10 Å². The Labute approximate surface area is 198 Å². The molecule has 1 saturated heterocycles. The second-order valence-electron chi connectivity index (χ2n) is 8.65. The lowest BCUT2D eigenvalue weighted by Crippen LogP contribution is -2.54. The largest absolute Gasteiger partial charge is 0.463 e. The Bertz CT molecular complexity index is 1160. The molecule has 0 N–H and O–H groups in total. The number of pyridine rings is 1. The minimum atomic E-state index is -0.190. The zero-order valence-corrected chi connectivity index (χ0v) is 19.8. The lowest BCUT2D eigenvalue weighted by molar-refractivity contribution is -0.148. The standard InChI is InChI=1S/C24H30ClN5O3/c1-18(2)33-23(31)16-21-17-28(20-8-5-7-19(25)15-20)14-13-27(21)10-6-12-30-24(32)29-11-4-3-9-22(29)26-30/h3-5,7-9,11,15,18,21H,6,10,12-14,16-17H2,1-2H3. The van der Waals surface area contributed by atoms with E-state index in [1.165, 1.54) is 4.68 Å². The molecule has 2 aromatic heterocycles. The summed E-state index contributed by atoms with van der Waals surface area (Å²) in [6.45, 7) is 7.38. The van der Waals surface area contributed by atoms with Crippen LogP contribution in [-0.4, -0.2) is 63.4 Å². The number of anilines is 1. The fourth-order valence-corrected chi connectivity index (χ4v) is 4.51. The molecule has 0 aliphatic carbocycles. The van der Waals surface area contributed by atoms with Gasteiger partial charge in [0.2, 0.25) is 0 Å². The predicted octanol–water partition coefficient (Wildman–Crippen LogP) is 3.07. The summed E-state index contributed by atoms with van der Waals surface area (Å²) in [5, 5.41) is 5.11. The predicted molar refractivity (Wildman–Crippen MR) is 129 cm³/mol. The van der Waals surface area contributed by atoms with Crippen LogP contribution >= 0.6 is 11.6 Å². The number of piperazine rings is 1. The van der Waals surface area contributed by atoms with Crippen molar-refractivity contribution >= 4 is 28.9 Å². The van der Waals surface area contributed by atoms with Crippen LogP contribution in [0.15, 0.2) is 53.5 Å². The molecular weight excluding hydrogens is 442 g/mol. The van der Waals surface area contributed by atoms with E-state index in [2.05, 4.69) is 14.9 Å². The van der Waals surface area contributed by atoms with Crippen molar-refractivity contribution in [3.8, 4) is 0 Å². The zero-order chi connectivity index (χ0) is 23.4. The van der Waals surface area contributed by atoms with Gasteiger partial charge in [0.15, 0.2) is 5.65 Å². The number of hydrogen-bond donors (Lipinski definition) is 0. The summed E-state index contributed by atoms with van der Waals surface area (Å²) in [5.41, 5.74) is 1.57. The number of carbonyl (C=O) groups excluding carboxylic acids is 1. The number of esters is 1. The number of carbonyl (C=O) groups is 1. The first kappa shape index (κ1) is 23.3. The van der Waals surface area contributed by atoms with Crippen LogP contribution in [-0.2, 0) is 16.1 Å². The van der Waals surface area contributed by atoms with E-state index in [0.717, 1.165) is 31.7 Å². The molecule has 1 unspecified atom stereocenters. The number of fused-ring (bicyclic) bond motifs is 1. The molecule has 1 aliphatic heterocycles. The summed E-state index contributed by atoms with van der Waals surface area (Å²) in [5.74, 6) is -0.190. The summed E-state index contributed by atoms with van der Waals surface area (Å²) >= 11 is 6.19. The third-order valence-corrected chi connectivity index (χ3v) is 6.09. The minimum Gasteiger partial charge on any atom is -0.463 e. The van der Waals surface area contributed by atoms with E-state index < -0.39 is 0 Å². The van der Waals surface area contributed by atoms with Gasteiger partial charge in [-0.3, -0.25) is 14.1 Å². The third kappa shape index (κ3) is 5.75. The van der Waals surface area contributed by atoms with Gasteiger partial charge < -0.3 is 9.64 Å². The Balaban J connectivity index is 1.42. The van der Waals surface area contributed by atoms with Crippen molar-refractivity contribution in [2.75, 3.05) is 31.1 Å². The van der Waals surface area contributed by atoms with Crippen LogP contribution in [0.3, 0.4) is 0 Å². The van der Waals surface area contributed by atoms with Gasteiger partial charge in [0, 0.05) is 55.7 Å². The van der Waals surface area contributed by atoms with Crippen LogP contribution in [0.5, 0.6) is 0 Å². The highest BCUT2D eigenvalue weighted by atomic mass is 35.5. The molecule has 176 valence electrons. The van der Waals surface area contributed by atoms with Crippen molar-refractivity contribution in [3.63, 3.8) is 0 Å². The second-order valence-corrected chi connectivity index (χ2v) is 9.08. The Morgan fingerprint density at radius 1 is 1.18 bits per heavy atom. The molecule has 1 fully saturated rings. The molecule has 9 heteroatoms. The highest BCUT2D eigenvalue weighted by Gasteiger charge is 2.29. The number of ether oxygens (including phenoxy) is 1. The molecule has 1 aromatic carbocycles. The monoisotopic (exact) mass is 471 g/mol. The topological polar surface area (TPSA) is 72.1 Å². The average molecular weight is 472 g/mol. The van der Waals surface area contributed by atoms with Gasteiger partial charge in [-0.2, -0.15) is 0 Å². The van der Waals surface area contributed by atoms with Crippen LogP contribution in [0.2, 0.25) is 5.02 Å². The first-order valence-electron chi connectivity index (χ1n) is 11.4. The molecule has 0 amide bonds. The van der Waals surface area contributed by atoms with E-state index in [4.69, 9.17) is 16.3 Å². The molecule has 0 spiro atoms. The second kappa shape index (κ2) is 10.4. The molecule has 0 saturated carbocycles. The Morgan fingerprint density at radius 2 is 2.03 bits per heavy atom. The molecule has 3 heterocycles. The maximum Gasteiger partial charge on any atom is 0.350 e. The van der Waals surface area contributed by atoms with Crippen molar-refractivity contribution in [1.29, 1.82) is 0 Å². The maximum absolute atomic E-state index is 12.5. The van der Waals surface area contributed by atoms with Crippen molar-refractivity contribution < 1.29 is 9.53 Å². The van der Waals surface area contributed by atoms with E-state index in [0.29, 0.717) is 30.2 Å². The zero-order valence-electron chi connectivity index (χ0n) is 19.1. The highest BCUT2D eigenvalue weighted by molar-refractivity contribution is 6.30. The van der Waals surface area contributed by atoms with Gasteiger partial charge in [0.1, 0.15) is 0 Å². The summed E-state index contributed by atoms with van der Waals surface area (Å²) in [7, 11) is 0. The summed E-state index contributed by atoms with van der Waals surface area (Å²) in [4.78, 5) is 29.6. The fourth-order valence-electron chi connectivity index (χ4n) is 4.33. The molecule has 0 bridgehead atoms. The van der Waals surface area contributed by atoms with Crippen molar-refractivity contribution in [2.45, 2.75) is 45.4 Å². The fraction of sp³-hybridized carbons (Fsp3) is 0.458. The highest BCUT2D eigenvalue weighted by Crippen LogP contribution is 2.24. The molecular formula is C24H30ClN5O3. The smallest absolute Gasteiger partial charge is 0.350 e. The van der Waals surface area contributed by atoms with Crippen LogP contribution < -0.4 is 10.6 Å². The number of aryl methyl sites for hydroxylation is 1. The summed E-state index contributed by atoms with van der Waals surface area (Å²) in [6, 6.07) is 13.3. The van der Waals surface area contributed by atoms with Crippen LogP contribution in [0.1, 0.15) is 26.7 Å². The van der Waals surface area contributed by atoms with E-state index in [1.807, 2.05) is 56.3 Å². The van der Waals surface area contributed by atoms with Gasteiger partial charge in [0.05, 0.1) is 12.5 Å². The Hall–Kier alpha value is -2.84. The summed E-state index contributed by atoms with van der Waals surface area (Å²) < 4.78 is 8.48. The van der Waals surface area contributed by atoms with Crippen LogP contribution in [0.4, 0.5) is 5.69 Å². The quantitative estimate of drug-likeness (QED) is 0.470. The maximum atomic E-state index is 12.5. The average Bonchev–Trinajstić information content (AvgIpc) is 3.10. The number of halogens is 1. The molecule has 1 aliphatic rings. The SMILES string of the molecule is CC(C)OC(=O)CC1CN(c2cccc(Cl)c2)CCN1CCCn1nc2ccccn2c1=O. The molecule has 8 nitrogen and oxygen atoms in total. The number of benzene rings is 1. The van der Waals surface area contributed by atoms with Crippen LogP contribution in [0.25, 0.3) is 5.65 Å². The lowest BCUT2D eigenvalue weighted by atomic mass is 10.1. The normalized spacial score (nSPS) is 17.1. The van der Waals surface area contributed by atoms with E-state index in [-0.39, 0.29) is 23.8 Å². The van der Waals surface area contributed by atoms with Gasteiger partial charge in [-0.1, -0.05) is 23.7 Å². The van der Waals surface area contributed by atoms with E-state index >= 15 is 0 Å². The van der Waals surface area contributed by atoms with Crippen molar-refractivity contribution in [2.24, 2.45) is 0 Å². The molecule has 3 aromatic rings. The number of rotatable bonds is 8. The van der Waals surface area contributed by atoms with Gasteiger partial charge in [-0.05, 0) is 50.6 Å². The van der Waals surface area contributed by atoms with Gasteiger partial charge >= 0.3 is 11.7 Å². The Morgan fingerprint density at radius 3 is 2.79 bits per heavy atom. The van der Waals surface area contributed by atoms with Crippen molar-refractivity contribution in [1.82, 2.24) is 19.1 Å². The first-order chi connectivity index (χ1) is 15.9. The Kier molecular flexibility index (Phi) is 7.35. The third-order valence-electron chi connectivity index (χ3n) is 5.85. The van der Waals surface area contributed by atoms with Crippen LogP contribution in [0, 0.1) is 0 Å². The van der Waals surface area contributed by atoms with Gasteiger partial charge in [0.25, 0.3) is 0 Å². The molecule has 0 radical (unpaired) electrons. The van der Waals surface area contributed by atoms with E-state index in [9.17, 15) is 9.59 Å². The first-order valence-corrected chi connectivity index (χ1v) is 11.8. The summed E-state index contributed by atoms with van der Waals surface area (Å²) in [6.07, 6.45) is 2.67. The van der Waals surface area contributed by atoms with Crippen molar-refractivity contribution in [3.05, 3.63) is 64.2 Å². The number of nitrogens with zero attached hydrogens (tertiary/aromatic N) is 5. The van der Waals surface area contributed by atoms with Gasteiger partial charge in [-0.25, -0.2) is 9.48 Å². The van der Waals surface area contributed by atoms with E-state index in [1.54, 1.807) is 10.6 Å².